The molecule has 4 nitrogen and oxygen atoms in total. The van der Waals surface area contributed by atoms with Gasteiger partial charge in [-0.05, 0) is 12.0 Å². The quantitative estimate of drug-likeness (QED) is 0.404. The molecule has 1 aromatic rings. The highest BCUT2D eigenvalue weighted by Crippen LogP contribution is 2.27. The molecule has 0 radical (unpaired) electrons. The molecule has 4 heteroatoms. The van der Waals surface area contributed by atoms with E-state index in [1.54, 1.807) is 0 Å². The Morgan fingerprint density at radius 2 is 2.00 bits per heavy atom. The van der Waals surface area contributed by atoms with Gasteiger partial charge in [0.05, 0.1) is 5.92 Å². The summed E-state index contributed by atoms with van der Waals surface area (Å²) in [4.78, 5) is 21.6. The molecule has 0 saturated carbocycles. The molecule has 0 aromatic heterocycles. The Kier molecular flexibility index (Phi) is 6.05. The molecular formula is C14H19NO3. The van der Waals surface area contributed by atoms with Gasteiger partial charge in [-0.3, -0.25) is 10.1 Å². The number of rotatable bonds is 8. The molecule has 1 unspecified atom stereocenters. The van der Waals surface area contributed by atoms with E-state index in [0.29, 0.717) is 6.42 Å². The van der Waals surface area contributed by atoms with Crippen LogP contribution in [0.5, 0.6) is 0 Å². The molecule has 0 aliphatic carbocycles. The molecule has 1 aromatic carbocycles. The molecule has 0 heterocycles. The van der Waals surface area contributed by atoms with Crippen molar-refractivity contribution < 1.29 is 9.72 Å². The summed E-state index contributed by atoms with van der Waals surface area (Å²) in [5.41, 5.74) is 0.877. The van der Waals surface area contributed by atoms with Crippen LogP contribution in [0.4, 0.5) is 0 Å². The maximum absolute atomic E-state index is 11.2. The van der Waals surface area contributed by atoms with Crippen LogP contribution in [0.3, 0.4) is 0 Å². The summed E-state index contributed by atoms with van der Waals surface area (Å²) in [5.74, 6) is -0.581. The molecule has 2 atom stereocenters. The molecule has 0 fully saturated rings. The van der Waals surface area contributed by atoms with E-state index in [9.17, 15) is 14.9 Å². The van der Waals surface area contributed by atoms with Gasteiger partial charge in [0.25, 0.3) is 0 Å². The van der Waals surface area contributed by atoms with E-state index in [1.165, 1.54) is 0 Å². The van der Waals surface area contributed by atoms with Crippen LogP contribution in [0.15, 0.2) is 30.3 Å². The molecule has 0 bridgehead atoms. The summed E-state index contributed by atoms with van der Waals surface area (Å²) in [6, 6.07) is 9.29. The maximum atomic E-state index is 11.2. The van der Waals surface area contributed by atoms with E-state index in [0.717, 1.165) is 24.7 Å². The predicted octanol–water partition coefficient (Wildman–Crippen LogP) is 3.05. The Morgan fingerprint density at radius 1 is 1.33 bits per heavy atom. The van der Waals surface area contributed by atoms with Crippen LogP contribution >= 0.6 is 0 Å². The topological polar surface area (TPSA) is 60.2 Å². The van der Waals surface area contributed by atoms with Gasteiger partial charge >= 0.3 is 0 Å². The van der Waals surface area contributed by atoms with Crippen LogP contribution < -0.4 is 0 Å². The Labute approximate surface area is 107 Å². The van der Waals surface area contributed by atoms with E-state index in [2.05, 4.69) is 0 Å². The molecular weight excluding hydrogens is 230 g/mol. The molecule has 0 aliphatic heterocycles. The second kappa shape index (κ2) is 7.58. The normalized spacial score (nSPS) is 13.8. The lowest BCUT2D eigenvalue weighted by Crippen LogP contribution is -2.22. The van der Waals surface area contributed by atoms with Crippen molar-refractivity contribution in [3.63, 3.8) is 0 Å². The Bertz CT molecular complexity index is 378. The number of aldehydes is 1. The first-order valence-corrected chi connectivity index (χ1v) is 6.31. The highest BCUT2D eigenvalue weighted by atomic mass is 16.6. The fourth-order valence-corrected chi connectivity index (χ4v) is 2.15. The largest absolute Gasteiger partial charge is 0.303 e. The van der Waals surface area contributed by atoms with Gasteiger partial charge in [0.15, 0.2) is 0 Å². The first-order chi connectivity index (χ1) is 8.69. The van der Waals surface area contributed by atoms with Gasteiger partial charge in [-0.1, -0.05) is 50.1 Å². The minimum atomic E-state index is -0.333. The Balaban J connectivity index is 2.88. The predicted molar refractivity (Wildman–Crippen MR) is 70.1 cm³/mol. The fraction of sp³-hybridized carbons (Fsp3) is 0.500. The van der Waals surface area contributed by atoms with Crippen molar-refractivity contribution in [2.75, 3.05) is 6.54 Å². The minimum Gasteiger partial charge on any atom is -0.303 e. The van der Waals surface area contributed by atoms with E-state index in [4.69, 9.17) is 0 Å². The zero-order valence-electron chi connectivity index (χ0n) is 10.6. The molecule has 0 N–H and O–H groups in total. The summed E-state index contributed by atoms with van der Waals surface area (Å²) < 4.78 is 0. The van der Waals surface area contributed by atoms with Crippen molar-refractivity contribution in [2.24, 2.45) is 5.92 Å². The van der Waals surface area contributed by atoms with Crippen molar-refractivity contribution in [3.8, 4) is 0 Å². The van der Waals surface area contributed by atoms with Crippen molar-refractivity contribution in [3.05, 3.63) is 46.0 Å². The van der Waals surface area contributed by atoms with Gasteiger partial charge < -0.3 is 4.79 Å². The van der Waals surface area contributed by atoms with E-state index >= 15 is 0 Å². The van der Waals surface area contributed by atoms with Gasteiger partial charge in [-0.2, -0.15) is 0 Å². The summed E-state index contributed by atoms with van der Waals surface area (Å²) in [6.45, 7) is 1.87. The molecule has 0 aliphatic rings. The SMILES string of the molecule is CCCC[C@H](C=O)C(C[N+](=O)[O-])c1ccccc1. The first-order valence-electron chi connectivity index (χ1n) is 6.31. The molecule has 0 saturated heterocycles. The number of hydrogen-bond acceptors (Lipinski definition) is 3. The number of nitrogens with zero attached hydrogens (tertiary/aromatic N) is 1. The third kappa shape index (κ3) is 4.28. The number of unbranched alkanes of at least 4 members (excludes halogenated alkanes) is 1. The second-order valence-electron chi connectivity index (χ2n) is 4.47. The average molecular weight is 249 g/mol. The Morgan fingerprint density at radius 3 is 2.50 bits per heavy atom. The standard InChI is InChI=1S/C14H19NO3/c1-2-3-7-13(11-16)14(10-15(17)18)12-8-5-4-6-9-12/h4-6,8-9,11,13-14H,2-3,7,10H2,1H3/t13-,14?/m1/s1. The molecule has 18 heavy (non-hydrogen) atoms. The van der Waals surface area contributed by atoms with Gasteiger partial charge in [-0.15, -0.1) is 0 Å². The first kappa shape index (κ1) is 14.4. The van der Waals surface area contributed by atoms with E-state index in [-0.39, 0.29) is 23.3 Å². The number of hydrogen-bond donors (Lipinski definition) is 0. The van der Waals surface area contributed by atoms with E-state index in [1.807, 2.05) is 37.3 Å². The average Bonchev–Trinajstić information content (AvgIpc) is 2.39. The monoisotopic (exact) mass is 249 g/mol. The van der Waals surface area contributed by atoms with Gasteiger partial charge in [0, 0.05) is 10.8 Å². The van der Waals surface area contributed by atoms with Gasteiger partial charge in [0.1, 0.15) is 6.29 Å². The third-order valence-corrected chi connectivity index (χ3v) is 3.16. The maximum Gasteiger partial charge on any atom is 0.211 e. The molecule has 98 valence electrons. The lowest BCUT2D eigenvalue weighted by atomic mass is 9.84. The lowest BCUT2D eigenvalue weighted by Gasteiger charge is -2.19. The van der Waals surface area contributed by atoms with Crippen molar-refractivity contribution in [2.45, 2.75) is 32.1 Å². The van der Waals surface area contributed by atoms with Crippen LogP contribution in [-0.4, -0.2) is 17.8 Å². The van der Waals surface area contributed by atoms with Crippen molar-refractivity contribution in [1.29, 1.82) is 0 Å². The minimum absolute atomic E-state index is 0.183. The summed E-state index contributed by atoms with van der Waals surface area (Å²) in [7, 11) is 0. The zero-order chi connectivity index (χ0) is 13.4. The van der Waals surface area contributed by atoms with Crippen LogP contribution in [0, 0.1) is 16.0 Å². The number of benzene rings is 1. The van der Waals surface area contributed by atoms with E-state index < -0.39 is 0 Å². The Hall–Kier alpha value is -1.71. The highest BCUT2D eigenvalue weighted by Gasteiger charge is 2.26. The van der Waals surface area contributed by atoms with Gasteiger partial charge in [-0.25, -0.2) is 0 Å². The fourth-order valence-electron chi connectivity index (χ4n) is 2.15. The highest BCUT2D eigenvalue weighted by molar-refractivity contribution is 5.56. The number of carbonyl (C=O) groups is 1. The van der Waals surface area contributed by atoms with Crippen LogP contribution in [0.25, 0.3) is 0 Å². The molecule has 1 rings (SSSR count). The van der Waals surface area contributed by atoms with Crippen LogP contribution in [0.1, 0.15) is 37.7 Å². The molecule has 0 spiro atoms. The second-order valence-corrected chi connectivity index (χ2v) is 4.47. The third-order valence-electron chi connectivity index (χ3n) is 3.16. The zero-order valence-corrected chi connectivity index (χ0v) is 10.6. The summed E-state index contributed by atoms with van der Waals surface area (Å²) in [6.07, 6.45) is 3.50. The van der Waals surface area contributed by atoms with Crippen LogP contribution in [-0.2, 0) is 4.79 Å². The summed E-state index contributed by atoms with van der Waals surface area (Å²) in [5, 5.41) is 10.8. The summed E-state index contributed by atoms with van der Waals surface area (Å²) >= 11 is 0. The van der Waals surface area contributed by atoms with Gasteiger partial charge in [0.2, 0.25) is 6.54 Å². The van der Waals surface area contributed by atoms with Crippen molar-refractivity contribution >= 4 is 6.29 Å². The smallest absolute Gasteiger partial charge is 0.211 e. The van der Waals surface area contributed by atoms with Crippen LogP contribution in [0.2, 0.25) is 0 Å². The number of carbonyl (C=O) groups excluding carboxylic acids is 1. The lowest BCUT2D eigenvalue weighted by molar-refractivity contribution is -0.484. The molecule has 0 amide bonds. The number of nitro groups is 1. The van der Waals surface area contributed by atoms with Crippen molar-refractivity contribution in [1.82, 2.24) is 0 Å².